The summed E-state index contributed by atoms with van der Waals surface area (Å²) >= 11 is 0. The molecule has 11 heteroatoms. The Hall–Kier alpha value is -4.12. The van der Waals surface area contributed by atoms with Gasteiger partial charge in [-0.25, -0.2) is 4.79 Å². The number of aryl methyl sites for hydroxylation is 2. The molecule has 3 aromatic rings. The fourth-order valence-electron chi connectivity index (χ4n) is 3.11. The third kappa shape index (κ3) is 6.72. The average Bonchev–Trinajstić information content (AvgIpc) is 3.22. The fraction of sp³-hybridized carbons (Fsp3) is 0.360. The molecule has 36 heavy (non-hydrogen) atoms. The van der Waals surface area contributed by atoms with E-state index in [1.807, 2.05) is 50.2 Å². The number of aliphatic hydroxyl groups excluding tert-OH is 1. The van der Waals surface area contributed by atoms with Gasteiger partial charge in [-0.05, 0) is 54.0 Å². The van der Waals surface area contributed by atoms with E-state index in [9.17, 15) is 4.79 Å². The quantitative estimate of drug-likeness (QED) is 0.263. The molecule has 0 saturated carbocycles. The maximum Gasteiger partial charge on any atom is 0.368 e. The standard InChI is InChI=1S/C25H31N7O4/c1-6-24(27-26-18(3)19(4)28-36-15-21-12-10-20(14-33)11-13-21)35-16-22-17(2)8-7-9-23(22)32-25(34)31(5)29-30-32/h7-13,33H,6,14-16H2,1-5H3. The molecule has 1 N–H and O–H groups in total. The highest BCUT2D eigenvalue weighted by atomic mass is 16.6. The summed E-state index contributed by atoms with van der Waals surface area (Å²) in [5, 5.41) is 29.4. The van der Waals surface area contributed by atoms with Crippen molar-refractivity contribution in [2.45, 2.75) is 53.9 Å². The first-order chi connectivity index (χ1) is 17.3. The number of ether oxygens (including phenoxy) is 1. The topological polar surface area (TPSA) is 128 Å². The average molecular weight is 494 g/mol. The number of hydrogen-bond donors (Lipinski definition) is 1. The molecule has 0 spiro atoms. The van der Waals surface area contributed by atoms with Crippen molar-refractivity contribution < 1.29 is 14.7 Å². The van der Waals surface area contributed by atoms with Gasteiger partial charge in [0.2, 0.25) is 5.90 Å². The van der Waals surface area contributed by atoms with Crippen molar-refractivity contribution in [2.75, 3.05) is 0 Å². The van der Waals surface area contributed by atoms with E-state index in [0.717, 1.165) is 22.3 Å². The number of aliphatic hydroxyl groups is 1. The number of nitrogens with zero attached hydrogens (tertiary/aromatic N) is 7. The maximum absolute atomic E-state index is 12.3. The lowest BCUT2D eigenvalue weighted by Crippen LogP contribution is -2.23. The summed E-state index contributed by atoms with van der Waals surface area (Å²) in [6.45, 7) is 7.93. The third-order valence-electron chi connectivity index (χ3n) is 5.49. The molecule has 0 aliphatic carbocycles. The van der Waals surface area contributed by atoms with E-state index >= 15 is 0 Å². The zero-order chi connectivity index (χ0) is 26.1. The number of benzene rings is 2. The normalized spacial score (nSPS) is 12.7. The minimum Gasteiger partial charge on any atom is -0.475 e. The van der Waals surface area contributed by atoms with Gasteiger partial charge < -0.3 is 14.7 Å². The summed E-state index contributed by atoms with van der Waals surface area (Å²) in [6.07, 6.45) is 0.527. The Morgan fingerprint density at radius 2 is 1.72 bits per heavy atom. The highest BCUT2D eigenvalue weighted by molar-refractivity contribution is 6.40. The molecule has 2 aromatic carbocycles. The minimum absolute atomic E-state index is 0.00586. The molecule has 0 radical (unpaired) electrons. The molecule has 0 aliphatic rings. The van der Waals surface area contributed by atoms with Crippen LogP contribution in [-0.2, 0) is 36.4 Å². The van der Waals surface area contributed by atoms with Crippen LogP contribution < -0.4 is 5.69 Å². The van der Waals surface area contributed by atoms with Crippen molar-refractivity contribution >= 4 is 17.3 Å². The van der Waals surface area contributed by atoms with Crippen molar-refractivity contribution in [3.63, 3.8) is 0 Å². The molecule has 0 amide bonds. The molecule has 3 rings (SSSR count). The summed E-state index contributed by atoms with van der Waals surface area (Å²) < 4.78 is 8.36. The summed E-state index contributed by atoms with van der Waals surface area (Å²) in [7, 11) is 1.55. The van der Waals surface area contributed by atoms with Crippen molar-refractivity contribution in [1.82, 2.24) is 19.8 Å². The monoisotopic (exact) mass is 493 g/mol. The Bertz CT molecular complexity index is 1320. The third-order valence-corrected chi connectivity index (χ3v) is 5.49. The van der Waals surface area contributed by atoms with Crippen LogP contribution in [0.3, 0.4) is 0 Å². The van der Waals surface area contributed by atoms with Gasteiger partial charge in [0.05, 0.1) is 23.7 Å². The van der Waals surface area contributed by atoms with Gasteiger partial charge in [0.25, 0.3) is 0 Å². The molecule has 0 unspecified atom stereocenters. The minimum atomic E-state index is -0.342. The van der Waals surface area contributed by atoms with E-state index in [4.69, 9.17) is 14.7 Å². The van der Waals surface area contributed by atoms with Crippen LogP contribution in [0.5, 0.6) is 0 Å². The molecule has 0 saturated heterocycles. The zero-order valence-electron chi connectivity index (χ0n) is 21.2. The lowest BCUT2D eigenvalue weighted by Gasteiger charge is -2.13. The van der Waals surface area contributed by atoms with Crippen LogP contribution in [0.4, 0.5) is 0 Å². The lowest BCUT2D eigenvalue weighted by molar-refractivity contribution is 0.131. The number of tetrazole rings is 1. The van der Waals surface area contributed by atoms with E-state index in [2.05, 4.69) is 25.8 Å². The fourth-order valence-corrected chi connectivity index (χ4v) is 3.11. The Labute approximate surface area is 209 Å². The first-order valence-corrected chi connectivity index (χ1v) is 11.5. The molecular formula is C25H31N7O4. The van der Waals surface area contributed by atoms with Crippen molar-refractivity contribution in [3.05, 3.63) is 75.2 Å². The summed E-state index contributed by atoms with van der Waals surface area (Å²) in [5.41, 5.74) is 4.98. The van der Waals surface area contributed by atoms with Gasteiger partial charge in [-0.3, -0.25) is 0 Å². The summed E-state index contributed by atoms with van der Waals surface area (Å²) in [6, 6.07) is 13.0. The highest BCUT2D eigenvalue weighted by Crippen LogP contribution is 2.18. The molecule has 1 aromatic heterocycles. The summed E-state index contributed by atoms with van der Waals surface area (Å²) in [4.78, 5) is 17.8. The number of rotatable bonds is 10. The zero-order valence-corrected chi connectivity index (χ0v) is 21.2. The molecule has 11 nitrogen and oxygen atoms in total. The van der Waals surface area contributed by atoms with Crippen LogP contribution in [-0.4, -0.2) is 42.2 Å². The number of aromatic nitrogens is 4. The second kappa shape index (κ2) is 12.5. The summed E-state index contributed by atoms with van der Waals surface area (Å²) in [5.74, 6) is 0.438. The van der Waals surface area contributed by atoms with E-state index in [1.54, 1.807) is 27.0 Å². The van der Waals surface area contributed by atoms with Gasteiger partial charge in [-0.2, -0.15) is 14.5 Å². The van der Waals surface area contributed by atoms with Gasteiger partial charge in [0, 0.05) is 19.0 Å². The largest absolute Gasteiger partial charge is 0.475 e. The van der Waals surface area contributed by atoms with Crippen LogP contribution in [0.25, 0.3) is 5.69 Å². The van der Waals surface area contributed by atoms with Gasteiger partial charge in [0.15, 0.2) is 0 Å². The predicted molar refractivity (Wildman–Crippen MR) is 137 cm³/mol. The van der Waals surface area contributed by atoms with Gasteiger partial charge >= 0.3 is 5.69 Å². The van der Waals surface area contributed by atoms with E-state index in [-0.39, 0.29) is 18.9 Å². The Morgan fingerprint density at radius 3 is 2.36 bits per heavy atom. The van der Waals surface area contributed by atoms with Crippen molar-refractivity contribution in [1.29, 1.82) is 0 Å². The van der Waals surface area contributed by atoms with Crippen LogP contribution in [0.2, 0.25) is 0 Å². The van der Waals surface area contributed by atoms with Crippen LogP contribution in [0.1, 0.15) is 49.4 Å². The first kappa shape index (κ1) is 26.5. The van der Waals surface area contributed by atoms with E-state index in [0.29, 0.717) is 36.0 Å². The molecule has 0 aliphatic heterocycles. The Balaban J connectivity index is 1.66. The smallest absolute Gasteiger partial charge is 0.368 e. The van der Waals surface area contributed by atoms with Crippen LogP contribution in [0, 0.1) is 6.92 Å². The predicted octanol–water partition coefficient (Wildman–Crippen LogP) is 3.06. The molecule has 0 fully saturated rings. The number of hydrogen-bond acceptors (Lipinski definition) is 9. The molecule has 1 heterocycles. The molecule has 190 valence electrons. The first-order valence-electron chi connectivity index (χ1n) is 11.5. The van der Waals surface area contributed by atoms with E-state index < -0.39 is 0 Å². The Kier molecular flexibility index (Phi) is 9.23. The molecule has 0 bridgehead atoms. The lowest BCUT2D eigenvalue weighted by atomic mass is 10.1. The van der Waals surface area contributed by atoms with Crippen molar-refractivity contribution in [2.24, 2.45) is 22.4 Å². The van der Waals surface area contributed by atoms with E-state index in [1.165, 1.54) is 9.36 Å². The molecular weight excluding hydrogens is 462 g/mol. The van der Waals surface area contributed by atoms with Crippen LogP contribution in [0.15, 0.2) is 62.6 Å². The Morgan fingerprint density at radius 1 is 1.00 bits per heavy atom. The molecule has 0 atom stereocenters. The van der Waals surface area contributed by atoms with Gasteiger partial charge in [-0.15, -0.1) is 5.10 Å². The van der Waals surface area contributed by atoms with Gasteiger partial charge in [0.1, 0.15) is 13.2 Å². The second-order valence-corrected chi connectivity index (χ2v) is 8.12. The van der Waals surface area contributed by atoms with Crippen LogP contribution >= 0.6 is 0 Å². The van der Waals surface area contributed by atoms with Gasteiger partial charge in [-0.1, -0.05) is 48.5 Å². The van der Waals surface area contributed by atoms with Crippen molar-refractivity contribution in [3.8, 4) is 5.69 Å². The number of oxime groups is 1. The SMILES string of the molecule is CCC(=NN=C(C)C(C)=NOCc1ccc(CO)cc1)OCc1c(C)cccc1-n1nnn(C)c1=O. The highest BCUT2D eigenvalue weighted by Gasteiger charge is 2.14. The second-order valence-electron chi connectivity index (χ2n) is 8.12. The maximum atomic E-state index is 12.3.